The Morgan fingerprint density at radius 1 is 1.11 bits per heavy atom. The maximum Gasteiger partial charge on any atom is 0.0449 e. The van der Waals surface area contributed by atoms with Gasteiger partial charge in [0.15, 0.2) is 0 Å². The molecule has 0 heterocycles. The minimum absolute atomic E-state index is 0.426. The van der Waals surface area contributed by atoms with E-state index in [1.54, 1.807) is 0 Å². The summed E-state index contributed by atoms with van der Waals surface area (Å²) >= 11 is 0. The van der Waals surface area contributed by atoms with Gasteiger partial charge >= 0.3 is 0 Å². The van der Waals surface area contributed by atoms with E-state index < -0.39 is 0 Å². The zero-order valence-electron chi connectivity index (χ0n) is 11.5. The number of benzene rings is 1. The molecule has 1 aliphatic rings. The van der Waals surface area contributed by atoms with E-state index in [1.165, 1.54) is 37.7 Å². The lowest BCUT2D eigenvalue weighted by Crippen LogP contribution is -2.05. The first kappa shape index (κ1) is 13.2. The van der Waals surface area contributed by atoms with Crippen LogP contribution in [0.2, 0.25) is 0 Å². The van der Waals surface area contributed by atoms with Crippen molar-refractivity contribution < 1.29 is 0 Å². The minimum Gasteiger partial charge on any atom is -0.102 e. The third-order valence-electron chi connectivity index (χ3n) is 4.00. The van der Waals surface area contributed by atoms with Gasteiger partial charge in [-0.3, -0.25) is 0 Å². The lowest BCUT2D eigenvalue weighted by molar-refractivity contribution is 0.365. The standard InChI is InChI=1S/C18H24/c1-2-17(18-13-7-4-8-14-18)15-9-12-16-10-5-3-6-11-16/h4,7-8,13-14,16-17H,2-3,5-6,10-12H2,1H3/t17-/m0/s1. The van der Waals surface area contributed by atoms with E-state index >= 15 is 0 Å². The first-order valence-corrected chi connectivity index (χ1v) is 7.43. The second-order valence-corrected chi connectivity index (χ2v) is 5.40. The maximum atomic E-state index is 3.48. The molecule has 0 aliphatic heterocycles. The molecule has 0 amide bonds. The highest BCUT2D eigenvalue weighted by Crippen LogP contribution is 2.26. The van der Waals surface area contributed by atoms with Crippen molar-refractivity contribution >= 4 is 0 Å². The van der Waals surface area contributed by atoms with E-state index in [0.29, 0.717) is 5.92 Å². The van der Waals surface area contributed by atoms with Crippen molar-refractivity contribution in [2.75, 3.05) is 0 Å². The molecule has 2 rings (SSSR count). The van der Waals surface area contributed by atoms with Gasteiger partial charge in [0, 0.05) is 12.3 Å². The molecule has 18 heavy (non-hydrogen) atoms. The van der Waals surface area contributed by atoms with Crippen LogP contribution in [0.4, 0.5) is 0 Å². The van der Waals surface area contributed by atoms with Crippen LogP contribution >= 0.6 is 0 Å². The van der Waals surface area contributed by atoms with Crippen LogP contribution < -0.4 is 0 Å². The van der Waals surface area contributed by atoms with Gasteiger partial charge in [-0.25, -0.2) is 0 Å². The largest absolute Gasteiger partial charge is 0.102 e. The van der Waals surface area contributed by atoms with Crippen LogP contribution in [-0.2, 0) is 0 Å². The molecule has 1 aromatic rings. The quantitative estimate of drug-likeness (QED) is 0.641. The Bertz CT molecular complexity index is 387. The molecule has 0 N–H and O–H groups in total. The molecule has 96 valence electrons. The molecule has 0 saturated heterocycles. The molecule has 0 radical (unpaired) electrons. The first-order valence-electron chi connectivity index (χ1n) is 7.43. The van der Waals surface area contributed by atoms with Gasteiger partial charge in [0.05, 0.1) is 0 Å². The summed E-state index contributed by atoms with van der Waals surface area (Å²) in [6, 6.07) is 10.7. The Hall–Kier alpha value is -1.22. The Kier molecular flexibility index (Phi) is 5.34. The predicted molar refractivity (Wildman–Crippen MR) is 78.4 cm³/mol. The topological polar surface area (TPSA) is 0 Å². The van der Waals surface area contributed by atoms with E-state index in [1.807, 2.05) is 0 Å². The fraction of sp³-hybridized carbons (Fsp3) is 0.556. The van der Waals surface area contributed by atoms with Crippen LogP contribution in [0.1, 0.15) is 63.4 Å². The van der Waals surface area contributed by atoms with E-state index in [4.69, 9.17) is 0 Å². The monoisotopic (exact) mass is 240 g/mol. The van der Waals surface area contributed by atoms with Crippen LogP contribution in [0.5, 0.6) is 0 Å². The van der Waals surface area contributed by atoms with Crippen molar-refractivity contribution in [1.29, 1.82) is 0 Å². The average Bonchev–Trinajstić information content (AvgIpc) is 2.46. The average molecular weight is 240 g/mol. The number of rotatable bonds is 3. The van der Waals surface area contributed by atoms with Crippen molar-refractivity contribution in [3.8, 4) is 11.8 Å². The fourth-order valence-corrected chi connectivity index (χ4v) is 2.82. The zero-order chi connectivity index (χ0) is 12.6. The third kappa shape index (κ3) is 3.91. The van der Waals surface area contributed by atoms with E-state index in [0.717, 1.165) is 18.8 Å². The van der Waals surface area contributed by atoms with Gasteiger partial charge in [-0.05, 0) is 30.7 Å². The minimum atomic E-state index is 0.426. The molecule has 0 bridgehead atoms. The molecule has 0 nitrogen and oxygen atoms in total. The summed E-state index contributed by atoms with van der Waals surface area (Å²) in [5.41, 5.74) is 1.37. The smallest absolute Gasteiger partial charge is 0.0449 e. The van der Waals surface area contributed by atoms with Gasteiger partial charge in [-0.15, -0.1) is 5.92 Å². The van der Waals surface area contributed by atoms with E-state index in [2.05, 4.69) is 49.1 Å². The predicted octanol–water partition coefficient (Wildman–Crippen LogP) is 5.15. The number of hydrogen-bond donors (Lipinski definition) is 0. The Labute approximate surface area is 112 Å². The summed E-state index contributed by atoms with van der Waals surface area (Å²) in [7, 11) is 0. The Morgan fingerprint density at radius 3 is 2.50 bits per heavy atom. The second kappa shape index (κ2) is 7.27. The lowest BCUT2D eigenvalue weighted by atomic mass is 9.87. The molecule has 0 spiro atoms. The highest BCUT2D eigenvalue weighted by Gasteiger charge is 2.11. The van der Waals surface area contributed by atoms with Crippen molar-refractivity contribution in [1.82, 2.24) is 0 Å². The highest BCUT2D eigenvalue weighted by molar-refractivity contribution is 5.27. The van der Waals surface area contributed by atoms with Gasteiger partial charge in [0.1, 0.15) is 0 Å². The van der Waals surface area contributed by atoms with Crippen LogP contribution in [0, 0.1) is 17.8 Å². The summed E-state index contributed by atoms with van der Waals surface area (Å²) in [5, 5.41) is 0. The van der Waals surface area contributed by atoms with Crippen molar-refractivity contribution in [3.63, 3.8) is 0 Å². The summed E-state index contributed by atoms with van der Waals surface area (Å²) in [6.07, 6.45) is 9.30. The van der Waals surface area contributed by atoms with Gasteiger partial charge in [0.25, 0.3) is 0 Å². The second-order valence-electron chi connectivity index (χ2n) is 5.40. The van der Waals surface area contributed by atoms with Gasteiger partial charge in [-0.2, -0.15) is 0 Å². The lowest BCUT2D eigenvalue weighted by Gasteiger charge is -2.18. The van der Waals surface area contributed by atoms with Gasteiger partial charge < -0.3 is 0 Å². The van der Waals surface area contributed by atoms with Crippen LogP contribution in [0.15, 0.2) is 30.3 Å². The molecular weight excluding hydrogens is 216 g/mol. The molecule has 1 atom stereocenters. The Balaban J connectivity index is 1.90. The van der Waals surface area contributed by atoms with Crippen molar-refractivity contribution in [2.24, 2.45) is 5.92 Å². The summed E-state index contributed by atoms with van der Waals surface area (Å²) < 4.78 is 0. The zero-order valence-corrected chi connectivity index (χ0v) is 11.5. The van der Waals surface area contributed by atoms with Crippen molar-refractivity contribution in [2.45, 2.75) is 57.8 Å². The first-order chi connectivity index (χ1) is 8.90. The van der Waals surface area contributed by atoms with Crippen molar-refractivity contribution in [3.05, 3.63) is 35.9 Å². The molecule has 0 heteroatoms. The van der Waals surface area contributed by atoms with E-state index in [9.17, 15) is 0 Å². The van der Waals surface area contributed by atoms with Crippen LogP contribution in [0.25, 0.3) is 0 Å². The molecule has 1 fully saturated rings. The Morgan fingerprint density at radius 2 is 1.83 bits per heavy atom. The van der Waals surface area contributed by atoms with Crippen LogP contribution in [-0.4, -0.2) is 0 Å². The third-order valence-corrected chi connectivity index (χ3v) is 4.00. The van der Waals surface area contributed by atoms with Gasteiger partial charge in [-0.1, -0.05) is 62.4 Å². The molecular formula is C18H24. The SMILES string of the molecule is CC[C@@H](C#CCC1CCCCC1)c1ccccc1. The summed E-state index contributed by atoms with van der Waals surface area (Å²) in [4.78, 5) is 0. The van der Waals surface area contributed by atoms with E-state index in [-0.39, 0.29) is 0 Å². The molecule has 1 aromatic carbocycles. The molecule has 0 unspecified atom stereocenters. The van der Waals surface area contributed by atoms with Gasteiger partial charge in [0.2, 0.25) is 0 Å². The maximum absolute atomic E-state index is 3.48. The van der Waals surface area contributed by atoms with Crippen LogP contribution in [0.3, 0.4) is 0 Å². The summed E-state index contributed by atoms with van der Waals surface area (Å²) in [5.74, 6) is 8.24. The number of hydrogen-bond acceptors (Lipinski definition) is 0. The fourth-order valence-electron chi connectivity index (χ4n) is 2.82. The normalized spacial score (nSPS) is 17.8. The molecule has 1 aliphatic carbocycles. The highest BCUT2D eigenvalue weighted by atomic mass is 14.2. The summed E-state index contributed by atoms with van der Waals surface area (Å²) in [6.45, 7) is 2.23. The molecule has 1 saturated carbocycles. The molecule has 0 aromatic heterocycles.